The Morgan fingerprint density at radius 2 is 1.85 bits per heavy atom. The first-order chi connectivity index (χ1) is 13.0. The van der Waals surface area contributed by atoms with Crippen LogP contribution in [0.3, 0.4) is 0 Å². The van der Waals surface area contributed by atoms with Crippen molar-refractivity contribution in [3.8, 4) is 11.5 Å². The molecular weight excluding hydrogens is 374 g/mol. The Balaban J connectivity index is 1.93. The van der Waals surface area contributed by atoms with Gasteiger partial charge in [-0.15, -0.1) is 0 Å². The lowest BCUT2D eigenvalue weighted by Gasteiger charge is -2.17. The molecule has 1 heterocycles. The summed E-state index contributed by atoms with van der Waals surface area (Å²) in [6.07, 6.45) is 1.69. The summed E-state index contributed by atoms with van der Waals surface area (Å²) in [5.74, 6) is -0.222. The number of carbonyl (C=O) groups is 3. The maximum atomic E-state index is 12.4. The van der Waals surface area contributed by atoms with Crippen molar-refractivity contribution in [2.24, 2.45) is 0 Å². The fraction of sp³-hybridized carbons (Fsp3) is 0.389. The Kier molecular flexibility index (Phi) is 7.54. The van der Waals surface area contributed by atoms with Crippen molar-refractivity contribution in [2.75, 3.05) is 40.2 Å². The van der Waals surface area contributed by atoms with Gasteiger partial charge in [0.15, 0.2) is 0 Å². The molecule has 1 aliphatic heterocycles. The third-order valence-electron chi connectivity index (χ3n) is 3.74. The van der Waals surface area contributed by atoms with Crippen LogP contribution >= 0.6 is 11.8 Å². The number of rotatable bonds is 8. The third kappa shape index (κ3) is 5.16. The number of esters is 2. The molecule has 1 aromatic rings. The fourth-order valence-corrected chi connectivity index (χ4v) is 3.40. The average molecular weight is 395 g/mol. The van der Waals surface area contributed by atoms with Crippen LogP contribution < -0.4 is 9.47 Å². The van der Waals surface area contributed by atoms with Crippen LogP contribution in [-0.4, -0.2) is 63.0 Å². The van der Waals surface area contributed by atoms with Gasteiger partial charge in [0.05, 0.1) is 44.8 Å². The lowest BCUT2D eigenvalue weighted by molar-refractivity contribution is -0.134. The Morgan fingerprint density at radius 1 is 1.19 bits per heavy atom. The fourth-order valence-electron chi connectivity index (χ4n) is 2.44. The van der Waals surface area contributed by atoms with E-state index in [9.17, 15) is 14.4 Å². The molecule has 146 valence electrons. The van der Waals surface area contributed by atoms with E-state index >= 15 is 0 Å². The van der Waals surface area contributed by atoms with Crippen LogP contribution in [0.15, 0.2) is 29.3 Å². The number of hydrogen-bond donors (Lipinski definition) is 0. The smallest absolute Gasteiger partial charge is 0.345 e. The summed E-state index contributed by atoms with van der Waals surface area (Å²) >= 11 is 1.27. The highest BCUT2D eigenvalue weighted by molar-refractivity contribution is 8.04. The molecule has 1 aliphatic rings. The number of amides is 1. The molecule has 0 atom stereocenters. The molecule has 0 N–H and O–H groups in total. The van der Waals surface area contributed by atoms with Gasteiger partial charge in [-0.05, 0) is 18.6 Å². The van der Waals surface area contributed by atoms with Gasteiger partial charge in [0.25, 0.3) is 0 Å². The van der Waals surface area contributed by atoms with E-state index in [1.54, 1.807) is 18.2 Å². The van der Waals surface area contributed by atoms with E-state index < -0.39 is 11.9 Å². The van der Waals surface area contributed by atoms with Crippen LogP contribution in [0.2, 0.25) is 0 Å². The van der Waals surface area contributed by atoms with Crippen molar-refractivity contribution >= 4 is 29.6 Å². The maximum absolute atomic E-state index is 12.4. The van der Waals surface area contributed by atoms with E-state index in [-0.39, 0.29) is 23.8 Å². The highest BCUT2D eigenvalue weighted by Gasteiger charge is 2.27. The number of carbonyl (C=O) groups excluding carboxylic acids is 3. The molecular formula is C18H21NO7S. The van der Waals surface area contributed by atoms with Gasteiger partial charge < -0.3 is 23.8 Å². The monoisotopic (exact) mass is 395 g/mol. The van der Waals surface area contributed by atoms with Crippen LogP contribution in [0.4, 0.5) is 0 Å². The first-order valence-corrected chi connectivity index (χ1v) is 9.11. The molecule has 1 fully saturated rings. The molecule has 0 bridgehead atoms. The van der Waals surface area contributed by atoms with Gasteiger partial charge in [-0.3, -0.25) is 4.79 Å². The topological polar surface area (TPSA) is 91.4 Å². The van der Waals surface area contributed by atoms with Crippen LogP contribution in [0.1, 0.15) is 16.8 Å². The summed E-state index contributed by atoms with van der Waals surface area (Å²) in [5, 5.41) is 0.532. The minimum atomic E-state index is -0.572. The molecule has 0 aromatic heterocycles. The van der Waals surface area contributed by atoms with Gasteiger partial charge in [0.2, 0.25) is 5.91 Å². The second-order valence-corrected chi connectivity index (χ2v) is 6.36. The Bertz CT molecular complexity index is 725. The Labute approximate surface area is 161 Å². The predicted molar refractivity (Wildman–Crippen MR) is 98.7 cm³/mol. The summed E-state index contributed by atoms with van der Waals surface area (Å²) in [7, 11) is 4.19. The standard InChI is InChI=1S/C18H21NO7S/c1-23-12-6-4-7-13(24-2)17(12)18(22)26-9-5-8-19-14(20)11-27-15(19)10-16(21)25-3/h4,6-7,10H,5,8-9,11H2,1-3H3/b15-10+. The van der Waals surface area contributed by atoms with E-state index in [1.807, 2.05) is 0 Å². The molecule has 27 heavy (non-hydrogen) atoms. The average Bonchev–Trinajstić information content (AvgIpc) is 3.03. The molecule has 1 saturated heterocycles. The number of methoxy groups -OCH3 is 3. The predicted octanol–water partition coefficient (Wildman–Crippen LogP) is 1.84. The number of thioether (sulfide) groups is 1. The molecule has 2 rings (SSSR count). The van der Waals surface area contributed by atoms with Crippen molar-refractivity contribution in [3.05, 3.63) is 34.9 Å². The zero-order valence-electron chi connectivity index (χ0n) is 15.4. The molecule has 1 aromatic carbocycles. The molecule has 8 nitrogen and oxygen atoms in total. The minimum absolute atomic E-state index is 0.0972. The largest absolute Gasteiger partial charge is 0.496 e. The second-order valence-electron chi connectivity index (χ2n) is 5.37. The summed E-state index contributed by atoms with van der Waals surface area (Å²) in [4.78, 5) is 37.2. The molecule has 0 saturated carbocycles. The summed E-state index contributed by atoms with van der Waals surface area (Å²) < 4.78 is 20.2. The van der Waals surface area contributed by atoms with Gasteiger partial charge in [0, 0.05) is 6.54 Å². The quantitative estimate of drug-likeness (QED) is 0.374. The van der Waals surface area contributed by atoms with Crippen molar-refractivity contribution in [1.82, 2.24) is 4.90 Å². The molecule has 1 amide bonds. The highest BCUT2D eigenvalue weighted by atomic mass is 32.2. The van der Waals surface area contributed by atoms with E-state index in [0.29, 0.717) is 29.5 Å². The summed E-state index contributed by atoms with van der Waals surface area (Å²) in [6, 6.07) is 4.99. The van der Waals surface area contributed by atoms with Crippen LogP contribution in [0, 0.1) is 0 Å². The van der Waals surface area contributed by atoms with Crippen molar-refractivity contribution < 1.29 is 33.3 Å². The van der Waals surface area contributed by atoms with Crippen LogP contribution in [-0.2, 0) is 19.1 Å². The summed E-state index contributed by atoms with van der Waals surface area (Å²) in [5.41, 5.74) is 0.210. The van der Waals surface area contributed by atoms with Crippen LogP contribution in [0.5, 0.6) is 11.5 Å². The Morgan fingerprint density at radius 3 is 2.44 bits per heavy atom. The Hall–Kier alpha value is -2.68. The van der Waals surface area contributed by atoms with Crippen LogP contribution in [0.25, 0.3) is 0 Å². The van der Waals surface area contributed by atoms with E-state index in [2.05, 4.69) is 4.74 Å². The zero-order valence-corrected chi connectivity index (χ0v) is 16.2. The van der Waals surface area contributed by atoms with Gasteiger partial charge in [-0.25, -0.2) is 9.59 Å². The number of hydrogen-bond acceptors (Lipinski definition) is 8. The molecule has 0 unspecified atom stereocenters. The van der Waals surface area contributed by atoms with Gasteiger partial charge in [-0.2, -0.15) is 0 Å². The van der Waals surface area contributed by atoms with Crippen molar-refractivity contribution in [2.45, 2.75) is 6.42 Å². The molecule has 0 radical (unpaired) electrons. The third-order valence-corrected chi connectivity index (χ3v) is 4.77. The maximum Gasteiger partial charge on any atom is 0.345 e. The van der Waals surface area contributed by atoms with Crippen molar-refractivity contribution in [3.63, 3.8) is 0 Å². The van der Waals surface area contributed by atoms with Gasteiger partial charge >= 0.3 is 11.9 Å². The normalized spacial score (nSPS) is 15.0. The number of benzene rings is 1. The number of ether oxygens (including phenoxy) is 4. The first-order valence-electron chi connectivity index (χ1n) is 8.12. The SMILES string of the molecule is COC(=O)/C=C1/SCC(=O)N1CCCOC(=O)c1c(OC)cccc1OC. The van der Waals surface area contributed by atoms with Gasteiger partial charge in [0.1, 0.15) is 17.1 Å². The molecule has 0 aliphatic carbocycles. The zero-order chi connectivity index (χ0) is 19.8. The first kappa shape index (κ1) is 20.6. The molecule has 0 spiro atoms. The molecule has 9 heteroatoms. The second kappa shape index (κ2) is 9.86. The van der Waals surface area contributed by atoms with Gasteiger partial charge in [-0.1, -0.05) is 17.8 Å². The summed E-state index contributed by atoms with van der Waals surface area (Å²) in [6.45, 7) is 0.422. The lowest BCUT2D eigenvalue weighted by atomic mass is 10.2. The minimum Gasteiger partial charge on any atom is -0.496 e. The van der Waals surface area contributed by atoms with Crippen molar-refractivity contribution in [1.29, 1.82) is 0 Å². The highest BCUT2D eigenvalue weighted by Crippen LogP contribution is 2.30. The van der Waals surface area contributed by atoms with E-state index in [4.69, 9.17) is 14.2 Å². The lowest BCUT2D eigenvalue weighted by Crippen LogP contribution is -2.27. The van der Waals surface area contributed by atoms with E-state index in [0.717, 1.165) is 0 Å². The number of nitrogens with zero attached hydrogens (tertiary/aromatic N) is 1. The van der Waals surface area contributed by atoms with E-state index in [1.165, 1.54) is 44.1 Å².